The number of hydrogen-bond donors (Lipinski definition) is 1. The van der Waals surface area contributed by atoms with Crippen molar-refractivity contribution < 1.29 is 4.92 Å². The third kappa shape index (κ3) is 3.95. The monoisotopic (exact) mass is 296 g/mol. The lowest BCUT2D eigenvalue weighted by Gasteiger charge is -2.12. The fourth-order valence-electron chi connectivity index (χ4n) is 2.25. The van der Waals surface area contributed by atoms with Crippen molar-refractivity contribution in [2.75, 3.05) is 6.54 Å². The molecule has 0 spiro atoms. The lowest BCUT2D eigenvalue weighted by molar-refractivity contribution is -0.374. The molecule has 0 amide bonds. The number of benzene rings is 2. The van der Waals surface area contributed by atoms with E-state index in [2.05, 4.69) is 12.2 Å². The average molecular weight is 296 g/mol. The van der Waals surface area contributed by atoms with E-state index in [1.807, 2.05) is 48.5 Å². The molecule has 4 nitrogen and oxygen atoms in total. The number of nitro groups is 1. The Labute approximate surface area is 130 Å². The molecule has 0 aliphatic heterocycles. The number of unbranched alkanes of at least 4 members (excludes halogenated alkanes) is 1. The van der Waals surface area contributed by atoms with Crippen LogP contribution in [-0.2, 0) is 0 Å². The molecule has 22 heavy (non-hydrogen) atoms. The fourth-order valence-corrected chi connectivity index (χ4v) is 2.25. The first-order valence-corrected chi connectivity index (χ1v) is 7.47. The molecule has 2 rings (SSSR count). The summed E-state index contributed by atoms with van der Waals surface area (Å²) in [5, 5.41) is 14.9. The van der Waals surface area contributed by atoms with Gasteiger partial charge in [0.05, 0.1) is 10.5 Å². The van der Waals surface area contributed by atoms with Gasteiger partial charge in [-0.1, -0.05) is 61.9 Å². The second-order valence-electron chi connectivity index (χ2n) is 4.99. The Bertz CT molecular complexity index is 637. The summed E-state index contributed by atoms with van der Waals surface area (Å²) in [5.41, 5.74) is 2.12. The van der Waals surface area contributed by atoms with Gasteiger partial charge in [-0.05, 0) is 18.6 Å². The van der Waals surface area contributed by atoms with Gasteiger partial charge >= 0.3 is 0 Å². The maximum Gasteiger partial charge on any atom is 0.300 e. The highest BCUT2D eigenvalue weighted by Gasteiger charge is 2.22. The van der Waals surface area contributed by atoms with Gasteiger partial charge in [-0.2, -0.15) is 0 Å². The van der Waals surface area contributed by atoms with E-state index in [0.29, 0.717) is 17.8 Å². The van der Waals surface area contributed by atoms with Crippen LogP contribution >= 0.6 is 0 Å². The minimum Gasteiger partial charge on any atom is -0.379 e. The summed E-state index contributed by atoms with van der Waals surface area (Å²) in [6, 6.07) is 18.5. The van der Waals surface area contributed by atoms with Crippen LogP contribution in [0.15, 0.2) is 60.7 Å². The molecule has 0 aliphatic rings. The largest absolute Gasteiger partial charge is 0.379 e. The van der Waals surface area contributed by atoms with Crippen LogP contribution in [0.1, 0.15) is 30.9 Å². The highest BCUT2D eigenvalue weighted by Crippen LogP contribution is 2.25. The minimum atomic E-state index is -0.309. The van der Waals surface area contributed by atoms with E-state index in [1.54, 1.807) is 12.1 Å². The van der Waals surface area contributed by atoms with Gasteiger partial charge in [0.25, 0.3) is 5.70 Å². The maximum atomic E-state index is 11.7. The van der Waals surface area contributed by atoms with Gasteiger partial charge in [0.2, 0.25) is 0 Å². The Balaban J connectivity index is 2.53. The molecule has 0 saturated heterocycles. The fraction of sp³-hybridized carbons (Fsp3) is 0.222. The summed E-state index contributed by atoms with van der Waals surface area (Å²) in [7, 11) is 0. The second-order valence-corrected chi connectivity index (χ2v) is 4.99. The number of rotatable bonds is 7. The molecule has 114 valence electrons. The Kier molecular flexibility index (Phi) is 5.72. The van der Waals surface area contributed by atoms with E-state index in [9.17, 15) is 10.1 Å². The molecule has 0 fully saturated rings. The average Bonchev–Trinajstić information content (AvgIpc) is 2.55. The van der Waals surface area contributed by atoms with E-state index < -0.39 is 0 Å². The smallest absolute Gasteiger partial charge is 0.300 e. The summed E-state index contributed by atoms with van der Waals surface area (Å²) >= 11 is 0. The molecule has 0 atom stereocenters. The normalized spacial score (nSPS) is 11.7. The van der Waals surface area contributed by atoms with E-state index in [0.717, 1.165) is 18.4 Å². The van der Waals surface area contributed by atoms with Crippen molar-refractivity contribution in [1.29, 1.82) is 0 Å². The summed E-state index contributed by atoms with van der Waals surface area (Å²) in [4.78, 5) is 11.3. The first kappa shape index (κ1) is 15.8. The molecule has 0 radical (unpaired) electrons. The molecular formula is C18H20N2O2. The van der Waals surface area contributed by atoms with Crippen molar-refractivity contribution in [2.24, 2.45) is 0 Å². The zero-order valence-corrected chi connectivity index (χ0v) is 12.7. The second kappa shape index (κ2) is 7.98. The SMILES string of the molecule is CCCCN/C(=C(\c1ccccc1)[N+](=O)[O-])c1ccccc1. The van der Waals surface area contributed by atoms with Crippen LogP contribution in [0, 0.1) is 10.1 Å². The number of nitrogens with zero attached hydrogens (tertiary/aromatic N) is 1. The van der Waals surface area contributed by atoms with Crippen LogP contribution in [0.5, 0.6) is 0 Å². The Morgan fingerprint density at radius 3 is 2.05 bits per heavy atom. The standard InChI is InChI=1S/C18H20N2O2/c1-2-3-14-19-17(15-10-6-4-7-11-15)18(20(21)22)16-12-8-5-9-13-16/h4-13,19H,2-3,14H2,1H3/b18-17+. The third-order valence-electron chi connectivity index (χ3n) is 3.36. The predicted molar refractivity (Wildman–Crippen MR) is 89.6 cm³/mol. The van der Waals surface area contributed by atoms with Crippen LogP contribution in [0.25, 0.3) is 11.4 Å². The highest BCUT2D eigenvalue weighted by atomic mass is 16.6. The number of hydrogen-bond acceptors (Lipinski definition) is 3. The van der Waals surface area contributed by atoms with Crippen molar-refractivity contribution in [1.82, 2.24) is 5.32 Å². The zero-order chi connectivity index (χ0) is 15.8. The van der Waals surface area contributed by atoms with E-state index in [4.69, 9.17) is 0 Å². The van der Waals surface area contributed by atoms with Crippen LogP contribution in [-0.4, -0.2) is 11.5 Å². The maximum absolute atomic E-state index is 11.7. The Hall–Kier alpha value is -2.62. The van der Waals surface area contributed by atoms with Crippen molar-refractivity contribution in [3.05, 3.63) is 81.9 Å². The van der Waals surface area contributed by atoms with Gasteiger partial charge in [-0.15, -0.1) is 0 Å². The molecule has 2 aromatic carbocycles. The molecule has 0 heterocycles. The third-order valence-corrected chi connectivity index (χ3v) is 3.36. The first-order valence-electron chi connectivity index (χ1n) is 7.47. The molecule has 1 N–H and O–H groups in total. The van der Waals surface area contributed by atoms with Gasteiger partial charge in [0, 0.05) is 12.1 Å². The molecule has 2 aromatic rings. The van der Waals surface area contributed by atoms with Crippen molar-refractivity contribution in [3.63, 3.8) is 0 Å². The molecule has 4 heteroatoms. The van der Waals surface area contributed by atoms with Gasteiger partial charge in [-0.3, -0.25) is 10.1 Å². The summed E-state index contributed by atoms with van der Waals surface area (Å²) in [5.74, 6) is 0. The van der Waals surface area contributed by atoms with Gasteiger partial charge in [0.15, 0.2) is 0 Å². The zero-order valence-electron chi connectivity index (χ0n) is 12.7. The number of nitrogens with one attached hydrogen (secondary N) is 1. The minimum absolute atomic E-state index is 0.114. The van der Waals surface area contributed by atoms with Gasteiger partial charge in [-0.25, -0.2) is 0 Å². The van der Waals surface area contributed by atoms with E-state index in [1.165, 1.54) is 0 Å². The first-order chi connectivity index (χ1) is 10.7. The van der Waals surface area contributed by atoms with E-state index in [-0.39, 0.29) is 10.6 Å². The molecule has 0 bridgehead atoms. The predicted octanol–water partition coefficient (Wildman–Crippen LogP) is 4.18. The quantitative estimate of drug-likeness (QED) is 0.361. The lowest BCUT2D eigenvalue weighted by Crippen LogP contribution is -2.18. The summed E-state index contributed by atoms with van der Waals surface area (Å²) < 4.78 is 0. The van der Waals surface area contributed by atoms with Gasteiger partial charge in [0.1, 0.15) is 5.70 Å². The summed E-state index contributed by atoms with van der Waals surface area (Å²) in [6.45, 7) is 2.81. The molecular weight excluding hydrogens is 276 g/mol. The Morgan fingerprint density at radius 2 is 1.55 bits per heavy atom. The summed E-state index contributed by atoms with van der Waals surface area (Å²) in [6.07, 6.45) is 2.00. The Morgan fingerprint density at radius 1 is 1.00 bits per heavy atom. The highest BCUT2D eigenvalue weighted by molar-refractivity contribution is 5.85. The van der Waals surface area contributed by atoms with Crippen molar-refractivity contribution >= 4 is 11.4 Å². The molecule has 0 aromatic heterocycles. The van der Waals surface area contributed by atoms with Crippen LogP contribution < -0.4 is 5.32 Å². The van der Waals surface area contributed by atoms with Crippen molar-refractivity contribution in [2.45, 2.75) is 19.8 Å². The lowest BCUT2D eigenvalue weighted by atomic mass is 10.0. The van der Waals surface area contributed by atoms with Gasteiger partial charge < -0.3 is 5.32 Å². The van der Waals surface area contributed by atoms with Crippen LogP contribution in [0.4, 0.5) is 0 Å². The topological polar surface area (TPSA) is 55.2 Å². The molecule has 0 unspecified atom stereocenters. The van der Waals surface area contributed by atoms with E-state index >= 15 is 0 Å². The van der Waals surface area contributed by atoms with Crippen LogP contribution in [0.2, 0.25) is 0 Å². The molecule has 0 aliphatic carbocycles. The van der Waals surface area contributed by atoms with Crippen molar-refractivity contribution in [3.8, 4) is 0 Å². The van der Waals surface area contributed by atoms with Crippen LogP contribution in [0.3, 0.4) is 0 Å². The molecule has 0 saturated carbocycles.